The van der Waals surface area contributed by atoms with Crippen molar-refractivity contribution < 1.29 is 14.3 Å². The number of anilines is 1. The Morgan fingerprint density at radius 2 is 1.77 bits per heavy atom. The van der Waals surface area contributed by atoms with Gasteiger partial charge in [0.1, 0.15) is 12.4 Å². The van der Waals surface area contributed by atoms with Crippen LogP contribution in [0.5, 0.6) is 5.75 Å². The number of rotatable bonds is 9. The molecule has 6 nitrogen and oxygen atoms in total. The molecule has 1 atom stereocenters. The maximum atomic E-state index is 12.3. The largest absolute Gasteiger partial charge is 0.489 e. The third-order valence-corrected chi connectivity index (χ3v) is 4.70. The molecule has 3 aromatic rings. The van der Waals surface area contributed by atoms with Crippen molar-refractivity contribution in [3.05, 3.63) is 95.6 Å². The molecule has 0 aromatic heterocycles. The number of urea groups is 1. The van der Waals surface area contributed by atoms with Crippen LogP contribution in [0.3, 0.4) is 0 Å². The van der Waals surface area contributed by atoms with Gasteiger partial charge in [-0.1, -0.05) is 54.6 Å². The number of amides is 2. The third-order valence-electron chi connectivity index (χ3n) is 4.70. The smallest absolute Gasteiger partial charge is 0.319 e. The number of methoxy groups -OCH3 is 1. The van der Waals surface area contributed by atoms with Crippen LogP contribution >= 0.6 is 0 Å². The van der Waals surface area contributed by atoms with Gasteiger partial charge in [0, 0.05) is 19.3 Å². The SMILES string of the molecule is COC(CNC(=O)Nc1cccc(COc2ccc(CC#N)cc2)c1)c1ccccc1. The second kappa shape index (κ2) is 11.4. The number of hydrogen-bond donors (Lipinski definition) is 2. The fourth-order valence-corrected chi connectivity index (χ4v) is 3.07. The molecule has 6 heteroatoms. The molecule has 0 saturated heterocycles. The van der Waals surface area contributed by atoms with Gasteiger partial charge in [-0.2, -0.15) is 5.26 Å². The first kappa shape index (κ1) is 21.9. The molecule has 2 N–H and O–H groups in total. The number of nitriles is 1. The van der Waals surface area contributed by atoms with Crippen LogP contribution in [0.1, 0.15) is 22.8 Å². The molecular formula is C25H25N3O3. The van der Waals surface area contributed by atoms with Crippen LogP contribution in [0, 0.1) is 11.3 Å². The first-order valence-electron chi connectivity index (χ1n) is 9.98. The van der Waals surface area contributed by atoms with E-state index in [1.165, 1.54) is 0 Å². The minimum atomic E-state index is -0.302. The standard InChI is InChI=1S/C25H25N3O3/c1-30-24(21-7-3-2-4-8-21)17-27-25(29)28-22-9-5-6-20(16-22)18-31-23-12-10-19(11-13-23)14-15-26/h2-13,16,24H,14,17-18H2,1H3,(H2,27,28,29). The van der Waals surface area contributed by atoms with Gasteiger partial charge in [0.25, 0.3) is 0 Å². The van der Waals surface area contributed by atoms with E-state index in [-0.39, 0.29) is 12.1 Å². The summed E-state index contributed by atoms with van der Waals surface area (Å²) in [4.78, 5) is 12.3. The Kier molecular flexibility index (Phi) is 8.04. The van der Waals surface area contributed by atoms with E-state index < -0.39 is 0 Å². The Hall–Kier alpha value is -3.82. The summed E-state index contributed by atoms with van der Waals surface area (Å²) >= 11 is 0. The summed E-state index contributed by atoms with van der Waals surface area (Å²) < 4.78 is 11.3. The quantitative estimate of drug-likeness (QED) is 0.524. The second-order valence-electron chi connectivity index (χ2n) is 6.94. The van der Waals surface area contributed by atoms with E-state index in [0.717, 1.165) is 22.4 Å². The van der Waals surface area contributed by atoms with Crippen LogP contribution in [0.25, 0.3) is 0 Å². The predicted molar refractivity (Wildman–Crippen MR) is 120 cm³/mol. The zero-order chi connectivity index (χ0) is 21.9. The molecule has 31 heavy (non-hydrogen) atoms. The van der Waals surface area contributed by atoms with Crippen molar-refractivity contribution in [1.82, 2.24) is 5.32 Å². The molecule has 3 aromatic carbocycles. The van der Waals surface area contributed by atoms with E-state index in [1.54, 1.807) is 7.11 Å². The number of benzene rings is 3. The van der Waals surface area contributed by atoms with Crippen molar-refractivity contribution >= 4 is 11.7 Å². The molecule has 0 spiro atoms. The van der Waals surface area contributed by atoms with Crippen molar-refractivity contribution in [1.29, 1.82) is 5.26 Å². The molecule has 0 fully saturated rings. The normalized spacial score (nSPS) is 11.2. The lowest BCUT2D eigenvalue weighted by molar-refractivity contribution is 0.104. The summed E-state index contributed by atoms with van der Waals surface area (Å²) in [7, 11) is 1.62. The minimum absolute atomic E-state index is 0.216. The number of hydrogen-bond acceptors (Lipinski definition) is 4. The van der Waals surface area contributed by atoms with Crippen LogP contribution in [0.4, 0.5) is 10.5 Å². The first-order chi connectivity index (χ1) is 15.2. The van der Waals surface area contributed by atoms with E-state index in [4.69, 9.17) is 14.7 Å². The molecule has 0 aliphatic carbocycles. The van der Waals surface area contributed by atoms with Gasteiger partial charge in [0.15, 0.2) is 0 Å². The zero-order valence-electron chi connectivity index (χ0n) is 17.4. The highest BCUT2D eigenvalue weighted by molar-refractivity contribution is 5.89. The third kappa shape index (κ3) is 6.88. The topological polar surface area (TPSA) is 83.4 Å². The first-order valence-corrected chi connectivity index (χ1v) is 9.98. The van der Waals surface area contributed by atoms with Crippen molar-refractivity contribution in [3.63, 3.8) is 0 Å². The van der Waals surface area contributed by atoms with Gasteiger partial charge in [0.05, 0.1) is 18.6 Å². The van der Waals surface area contributed by atoms with Crippen LogP contribution < -0.4 is 15.4 Å². The minimum Gasteiger partial charge on any atom is -0.489 e. The molecule has 0 aliphatic heterocycles. The molecule has 158 valence electrons. The van der Waals surface area contributed by atoms with Gasteiger partial charge in [-0.25, -0.2) is 4.79 Å². The molecule has 0 radical (unpaired) electrons. The number of carbonyl (C=O) groups excluding carboxylic acids is 1. The van der Waals surface area contributed by atoms with E-state index in [2.05, 4.69) is 16.7 Å². The maximum Gasteiger partial charge on any atom is 0.319 e. The molecule has 0 bridgehead atoms. The molecule has 3 rings (SSSR count). The number of carbonyl (C=O) groups is 1. The zero-order valence-corrected chi connectivity index (χ0v) is 17.4. The van der Waals surface area contributed by atoms with Gasteiger partial charge >= 0.3 is 6.03 Å². The highest BCUT2D eigenvalue weighted by atomic mass is 16.5. The molecule has 1 unspecified atom stereocenters. The van der Waals surface area contributed by atoms with E-state index in [0.29, 0.717) is 25.3 Å². The van der Waals surface area contributed by atoms with Crippen LogP contribution in [-0.4, -0.2) is 19.7 Å². The highest BCUT2D eigenvalue weighted by Gasteiger charge is 2.12. The van der Waals surface area contributed by atoms with Crippen molar-refractivity contribution in [2.75, 3.05) is 19.0 Å². The van der Waals surface area contributed by atoms with Gasteiger partial charge in [-0.15, -0.1) is 0 Å². The summed E-state index contributed by atoms with van der Waals surface area (Å²) in [6, 6.07) is 26.5. The van der Waals surface area contributed by atoms with Gasteiger partial charge in [-0.05, 0) is 41.0 Å². The molecule has 0 heterocycles. The highest BCUT2D eigenvalue weighted by Crippen LogP contribution is 2.17. The summed E-state index contributed by atoms with van der Waals surface area (Å²) in [5.41, 5.74) is 3.56. The van der Waals surface area contributed by atoms with Crippen molar-refractivity contribution in [3.8, 4) is 11.8 Å². The van der Waals surface area contributed by atoms with E-state index in [9.17, 15) is 4.79 Å². The van der Waals surface area contributed by atoms with Gasteiger partial charge in [-0.3, -0.25) is 0 Å². The van der Waals surface area contributed by atoms with Gasteiger partial charge < -0.3 is 20.1 Å². The summed E-state index contributed by atoms with van der Waals surface area (Å²) in [5.74, 6) is 0.726. The molecule has 0 aliphatic rings. The van der Waals surface area contributed by atoms with Crippen LogP contribution in [-0.2, 0) is 17.8 Å². The average Bonchev–Trinajstić information content (AvgIpc) is 2.80. The van der Waals surface area contributed by atoms with Crippen molar-refractivity contribution in [2.45, 2.75) is 19.1 Å². The summed E-state index contributed by atoms with van der Waals surface area (Å²) in [6.07, 6.45) is 0.165. The molecule has 2 amide bonds. The predicted octanol–water partition coefficient (Wildman–Crippen LogP) is 4.84. The summed E-state index contributed by atoms with van der Waals surface area (Å²) in [6.45, 7) is 0.728. The Morgan fingerprint density at radius 3 is 2.48 bits per heavy atom. The number of nitrogens with one attached hydrogen (secondary N) is 2. The monoisotopic (exact) mass is 415 g/mol. The Balaban J connectivity index is 1.50. The lowest BCUT2D eigenvalue weighted by Crippen LogP contribution is -2.32. The molecular weight excluding hydrogens is 390 g/mol. The Morgan fingerprint density at radius 1 is 1.00 bits per heavy atom. The van der Waals surface area contributed by atoms with Gasteiger partial charge in [0.2, 0.25) is 0 Å². The fourth-order valence-electron chi connectivity index (χ4n) is 3.07. The average molecular weight is 415 g/mol. The lowest BCUT2D eigenvalue weighted by Gasteiger charge is -2.17. The van der Waals surface area contributed by atoms with E-state index >= 15 is 0 Å². The summed E-state index contributed by atoms with van der Waals surface area (Å²) in [5, 5.41) is 14.4. The van der Waals surface area contributed by atoms with Crippen molar-refractivity contribution in [2.24, 2.45) is 0 Å². The number of nitrogens with zero attached hydrogens (tertiary/aromatic N) is 1. The Bertz CT molecular complexity index is 1010. The second-order valence-corrected chi connectivity index (χ2v) is 6.94. The fraction of sp³-hybridized carbons (Fsp3) is 0.200. The van der Waals surface area contributed by atoms with Crippen LogP contribution in [0.15, 0.2) is 78.9 Å². The van der Waals surface area contributed by atoms with Crippen LogP contribution in [0.2, 0.25) is 0 Å². The Labute approximate surface area is 182 Å². The molecule has 0 saturated carbocycles. The lowest BCUT2D eigenvalue weighted by atomic mass is 10.1. The number of ether oxygens (including phenoxy) is 2. The van der Waals surface area contributed by atoms with E-state index in [1.807, 2.05) is 78.9 Å². The maximum absolute atomic E-state index is 12.3.